The molecule has 1 saturated heterocycles. The predicted molar refractivity (Wildman–Crippen MR) is 77.6 cm³/mol. The topological polar surface area (TPSA) is 104 Å². The number of nitrogen functional groups attached to an aromatic ring is 1. The molecule has 2 fully saturated rings. The smallest absolute Gasteiger partial charge is 0.277 e. The Morgan fingerprint density at radius 3 is 2.81 bits per heavy atom. The van der Waals surface area contributed by atoms with Gasteiger partial charge >= 0.3 is 0 Å². The van der Waals surface area contributed by atoms with E-state index in [2.05, 4.69) is 15.5 Å². The normalized spacial score (nSPS) is 21.6. The van der Waals surface area contributed by atoms with Gasteiger partial charge in [0.15, 0.2) is 5.69 Å². The average Bonchev–Trinajstić information content (AvgIpc) is 3.03. The zero-order valence-corrected chi connectivity index (χ0v) is 12.2. The van der Waals surface area contributed by atoms with E-state index >= 15 is 0 Å². The number of aromatic nitrogens is 2. The molecule has 1 aromatic rings. The summed E-state index contributed by atoms with van der Waals surface area (Å²) in [6.45, 7) is 2.52. The zero-order valence-electron chi connectivity index (χ0n) is 12.2. The standard InChI is InChI=1S/C14H21N5O2/c1-2-9-11(15)12(18-17-9)14(21)19-7-3-4-10(19)13(20)16-8-5-6-8/h8,10H,2-7,15H2,1H3,(H,16,20)(H,17,18). The number of carbonyl (C=O) groups is 2. The Kier molecular flexibility index (Phi) is 3.57. The Morgan fingerprint density at radius 2 is 2.19 bits per heavy atom. The van der Waals surface area contributed by atoms with Gasteiger partial charge in [0.2, 0.25) is 5.91 Å². The van der Waals surface area contributed by atoms with Crippen LogP contribution < -0.4 is 11.1 Å². The Labute approximate surface area is 123 Å². The summed E-state index contributed by atoms with van der Waals surface area (Å²) in [5.74, 6) is -0.301. The van der Waals surface area contributed by atoms with Gasteiger partial charge in [-0.25, -0.2) is 0 Å². The second-order valence-corrected chi connectivity index (χ2v) is 5.76. The van der Waals surface area contributed by atoms with Crippen molar-refractivity contribution in [1.29, 1.82) is 0 Å². The highest BCUT2D eigenvalue weighted by Gasteiger charge is 2.38. The third-order valence-electron chi connectivity index (χ3n) is 4.18. The fourth-order valence-electron chi connectivity index (χ4n) is 2.76. The molecule has 7 heteroatoms. The fourth-order valence-corrected chi connectivity index (χ4v) is 2.76. The van der Waals surface area contributed by atoms with Crippen LogP contribution in [0.3, 0.4) is 0 Å². The minimum atomic E-state index is -0.390. The van der Waals surface area contributed by atoms with Crippen LogP contribution in [0.25, 0.3) is 0 Å². The summed E-state index contributed by atoms with van der Waals surface area (Å²) >= 11 is 0. The molecule has 1 unspecified atom stereocenters. The highest BCUT2D eigenvalue weighted by Crippen LogP contribution is 2.25. The summed E-state index contributed by atoms with van der Waals surface area (Å²) in [7, 11) is 0. The van der Waals surface area contributed by atoms with Gasteiger partial charge in [0, 0.05) is 12.6 Å². The number of nitrogens with one attached hydrogen (secondary N) is 2. The van der Waals surface area contributed by atoms with Crippen molar-refractivity contribution in [2.24, 2.45) is 0 Å². The van der Waals surface area contributed by atoms with Crippen LogP contribution in [0.15, 0.2) is 0 Å². The number of amides is 2. The van der Waals surface area contributed by atoms with Crippen LogP contribution >= 0.6 is 0 Å². The molecule has 1 aromatic heterocycles. The first-order valence-corrected chi connectivity index (χ1v) is 7.55. The summed E-state index contributed by atoms with van der Waals surface area (Å²) in [4.78, 5) is 26.4. The van der Waals surface area contributed by atoms with E-state index in [0.29, 0.717) is 31.1 Å². The van der Waals surface area contributed by atoms with Gasteiger partial charge in [-0.15, -0.1) is 0 Å². The van der Waals surface area contributed by atoms with Gasteiger partial charge in [-0.05, 0) is 32.1 Å². The van der Waals surface area contributed by atoms with Crippen molar-refractivity contribution < 1.29 is 9.59 Å². The number of likely N-dealkylation sites (tertiary alicyclic amines) is 1. The van der Waals surface area contributed by atoms with Gasteiger partial charge in [0.1, 0.15) is 6.04 Å². The van der Waals surface area contributed by atoms with Gasteiger partial charge in [-0.2, -0.15) is 5.10 Å². The minimum Gasteiger partial charge on any atom is -0.395 e. The Hall–Kier alpha value is -2.05. The Balaban J connectivity index is 1.75. The maximum Gasteiger partial charge on any atom is 0.277 e. The lowest BCUT2D eigenvalue weighted by molar-refractivity contribution is -0.125. The largest absolute Gasteiger partial charge is 0.395 e. The van der Waals surface area contributed by atoms with Crippen molar-refractivity contribution in [1.82, 2.24) is 20.4 Å². The monoisotopic (exact) mass is 291 g/mol. The van der Waals surface area contributed by atoms with E-state index in [1.165, 1.54) is 0 Å². The maximum atomic E-state index is 12.6. The van der Waals surface area contributed by atoms with Crippen molar-refractivity contribution in [3.05, 3.63) is 11.4 Å². The van der Waals surface area contributed by atoms with Crippen LogP contribution in [0.1, 0.15) is 48.8 Å². The number of rotatable bonds is 4. The number of aryl methyl sites for hydroxylation is 1. The van der Waals surface area contributed by atoms with E-state index < -0.39 is 0 Å². The van der Waals surface area contributed by atoms with Crippen molar-refractivity contribution in [2.75, 3.05) is 12.3 Å². The van der Waals surface area contributed by atoms with Crippen molar-refractivity contribution in [2.45, 2.75) is 51.1 Å². The van der Waals surface area contributed by atoms with Gasteiger partial charge in [-0.3, -0.25) is 14.7 Å². The van der Waals surface area contributed by atoms with Crippen LogP contribution in [0, 0.1) is 0 Å². The Bertz CT molecular complexity index is 564. The molecule has 0 spiro atoms. The number of nitrogens with two attached hydrogens (primary N) is 1. The summed E-state index contributed by atoms with van der Waals surface area (Å²) in [5, 5.41) is 9.79. The molecule has 0 aromatic carbocycles. The van der Waals surface area contributed by atoms with E-state index in [0.717, 1.165) is 25.0 Å². The van der Waals surface area contributed by atoms with Crippen LogP contribution in [0.5, 0.6) is 0 Å². The van der Waals surface area contributed by atoms with Crippen molar-refractivity contribution in [3.63, 3.8) is 0 Å². The van der Waals surface area contributed by atoms with E-state index in [1.54, 1.807) is 4.90 Å². The average molecular weight is 291 g/mol. The molecule has 2 amide bonds. The van der Waals surface area contributed by atoms with Crippen molar-refractivity contribution in [3.8, 4) is 0 Å². The van der Waals surface area contributed by atoms with Crippen LogP contribution in [0.4, 0.5) is 5.69 Å². The Morgan fingerprint density at radius 1 is 1.43 bits per heavy atom. The lowest BCUT2D eigenvalue weighted by Crippen LogP contribution is -2.46. The highest BCUT2D eigenvalue weighted by atomic mass is 16.2. The van der Waals surface area contributed by atoms with Crippen LogP contribution in [-0.4, -0.2) is 45.5 Å². The third-order valence-corrected chi connectivity index (χ3v) is 4.18. The lowest BCUT2D eigenvalue weighted by atomic mass is 10.2. The maximum absolute atomic E-state index is 12.6. The molecule has 3 rings (SSSR count). The summed E-state index contributed by atoms with van der Waals surface area (Å²) < 4.78 is 0. The third kappa shape index (κ3) is 2.59. The number of anilines is 1. The molecule has 7 nitrogen and oxygen atoms in total. The molecule has 1 aliphatic carbocycles. The SMILES string of the molecule is CCc1[nH]nc(C(=O)N2CCCC2C(=O)NC2CC2)c1N. The molecule has 1 aliphatic heterocycles. The molecule has 0 bridgehead atoms. The molecular weight excluding hydrogens is 270 g/mol. The number of carbonyl (C=O) groups excluding carboxylic acids is 2. The van der Waals surface area contributed by atoms with Gasteiger partial charge in [0.05, 0.1) is 11.4 Å². The lowest BCUT2D eigenvalue weighted by Gasteiger charge is -2.23. The van der Waals surface area contributed by atoms with E-state index in [1.807, 2.05) is 6.92 Å². The number of hydrogen-bond donors (Lipinski definition) is 3. The molecule has 2 aliphatic rings. The van der Waals surface area contributed by atoms with Gasteiger partial charge in [0.25, 0.3) is 5.91 Å². The second-order valence-electron chi connectivity index (χ2n) is 5.76. The molecule has 21 heavy (non-hydrogen) atoms. The van der Waals surface area contributed by atoms with Crippen molar-refractivity contribution >= 4 is 17.5 Å². The number of aromatic amines is 1. The van der Waals surface area contributed by atoms with E-state index in [-0.39, 0.29) is 23.6 Å². The van der Waals surface area contributed by atoms with Gasteiger partial charge in [-0.1, -0.05) is 6.92 Å². The summed E-state index contributed by atoms with van der Waals surface area (Å²) in [5.41, 5.74) is 7.35. The first kappa shape index (κ1) is 13.9. The van der Waals surface area contributed by atoms with Crippen LogP contribution in [-0.2, 0) is 11.2 Å². The molecule has 4 N–H and O–H groups in total. The number of H-pyrrole nitrogens is 1. The summed E-state index contributed by atoms with van der Waals surface area (Å²) in [6.07, 6.45) is 4.31. The highest BCUT2D eigenvalue weighted by molar-refractivity contribution is 6.00. The quantitative estimate of drug-likeness (QED) is 0.748. The summed E-state index contributed by atoms with van der Waals surface area (Å²) in [6, 6.07) is -0.0866. The second kappa shape index (κ2) is 5.38. The number of nitrogens with zero attached hydrogens (tertiary/aromatic N) is 2. The molecule has 1 atom stereocenters. The minimum absolute atomic E-state index is 0.0480. The van der Waals surface area contributed by atoms with E-state index in [9.17, 15) is 9.59 Å². The molecule has 2 heterocycles. The van der Waals surface area contributed by atoms with Crippen LogP contribution in [0.2, 0.25) is 0 Å². The predicted octanol–water partition coefficient (Wildman–Crippen LogP) is 0.438. The molecule has 0 radical (unpaired) electrons. The number of hydrogen-bond acceptors (Lipinski definition) is 4. The molecular formula is C14H21N5O2. The zero-order chi connectivity index (χ0) is 15.0. The fraction of sp³-hybridized carbons (Fsp3) is 0.643. The molecule has 1 saturated carbocycles. The van der Waals surface area contributed by atoms with E-state index in [4.69, 9.17) is 5.73 Å². The first-order valence-electron chi connectivity index (χ1n) is 7.55. The van der Waals surface area contributed by atoms with Gasteiger partial charge < -0.3 is 16.0 Å². The molecule has 114 valence electrons. The first-order chi connectivity index (χ1) is 10.1.